The minimum absolute atomic E-state index is 0.0401. The summed E-state index contributed by atoms with van der Waals surface area (Å²) in [6.07, 6.45) is -0.194. The number of hydrogen-bond donors (Lipinski definition) is 3. The fourth-order valence-electron chi connectivity index (χ4n) is 1.88. The first kappa shape index (κ1) is 21.3. The Hall–Kier alpha value is -1.72. The van der Waals surface area contributed by atoms with Crippen LogP contribution in [0, 0.1) is 5.82 Å². The minimum atomic E-state index is -4.11. The maximum Gasteiger partial charge on any atom is 0.303 e. The number of aliphatic carboxylic acids is 1. The van der Waals surface area contributed by atoms with Crippen LogP contribution in [-0.2, 0) is 24.8 Å². The molecule has 0 fully saturated rings. The first-order valence-corrected chi connectivity index (χ1v) is 10.5. The molecule has 0 saturated carbocycles. The zero-order valence-corrected chi connectivity index (χ0v) is 15.7. The second-order valence-corrected chi connectivity index (χ2v) is 9.72. The number of rotatable bonds is 9. The number of nitrogens with one attached hydrogen (secondary N) is 2. The number of carboxylic acids is 1. The molecule has 0 heterocycles. The monoisotopic (exact) mass is 396 g/mol. The van der Waals surface area contributed by atoms with Gasteiger partial charge >= 0.3 is 5.97 Å². The van der Waals surface area contributed by atoms with Crippen molar-refractivity contribution in [2.24, 2.45) is 0 Å². The lowest BCUT2D eigenvalue weighted by Gasteiger charge is -2.25. The van der Waals surface area contributed by atoms with E-state index in [1.54, 1.807) is 0 Å². The Balaban J connectivity index is 3.03. The molecule has 0 radical (unpaired) electrons. The van der Waals surface area contributed by atoms with E-state index < -0.39 is 42.3 Å². The average Bonchev–Trinajstić information content (AvgIpc) is 2.46. The summed E-state index contributed by atoms with van der Waals surface area (Å²) in [7, 11) is -7.81. The highest BCUT2D eigenvalue weighted by Gasteiger charge is 2.27. The molecule has 0 aliphatic heterocycles. The van der Waals surface area contributed by atoms with Crippen molar-refractivity contribution in [3.8, 4) is 0 Å². The van der Waals surface area contributed by atoms with E-state index in [2.05, 4.69) is 4.72 Å². The van der Waals surface area contributed by atoms with Crippen LogP contribution < -0.4 is 9.44 Å². The van der Waals surface area contributed by atoms with E-state index in [1.165, 1.54) is 20.8 Å². The van der Waals surface area contributed by atoms with Crippen molar-refractivity contribution in [1.82, 2.24) is 4.72 Å². The van der Waals surface area contributed by atoms with Gasteiger partial charge in [-0.3, -0.25) is 9.52 Å². The van der Waals surface area contributed by atoms with Crippen LogP contribution in [-0.4, -0.2) is 39.2 Å². The maximum absolute atomic E-state index is 14.0. The molecule has 8 nitrogen and oxygen atoms in total. The van der Waals surface area contributed by atoms with E-state index in [0.29, 0.717) is 6.07 Å². The number of carboxylic acid groups (broad SMARTS) is 1. The molecule has 11 heteroatoms. The standard InChI is InChI=1S/C14H21FN2O6S2/c1-4-24(20,21)16-12-6-5-10(9-11(12)15)25(22,23)17-14(2,3)8-7-13(18)19/h5-6,9,16-17H,4,7-8H2,1-3H3,(H,18,19). The topological polar surface area (TPSA) is 130 Å². The fraction of sp³-hybridized carbons (Fsp3) is 0.500. The number of benzene rings is 1. The first-order valence-electron chi connectivity index (χ1n) is 7.34. The molecule has 0 unspecified atom stereocenters. The van der Waals surface area contributed by atoms with Gasteiger partial charge in [0.25, 0.3) is 0 Å². The third-order valence-electron chi connectivity index (χ3n) is 3.27. The van der Waals surface area contributed by atoms with Gasteiger partial charge in [-0.05, 0) is 45.4 Å². The summed E-state index contributed by atoms with van der Waals surface area (Å²) in [5.74, 6) is -2.36. The Labute approximate surface area is 146 Å². The lowest BCUT2D eigenvalue weighted by atomic mass is 10.0. The summed E-state index contributed by atoms with van der Waals surface area (Å²) < 4.78 is 66.0. The number of hydrogen-bond acceptors (Lipinski definition) is 5. The Morgan fingerprint density at radius 2 is 1.84 bits per heavy atom. The summed E-state index contributed by atoms with van der Waals surface area (Å²) in [6, 6.07) is 2.77. The predicted octanol–water partition coefficient (Wildman–Crippen LogP) is 1.51. The third kappa shape index (κ3) is 6.59. The molecule has 1 rings (SSSR count). The van der Waals surface area contributed by atoms with Gasteiger partial charge in [0.1, 0.15) is 5.82 Å². The van der Waals surface area contributed by atoms with Crippen molar-refractivity contribution in [2.75, 3.05) is 10.5 Å². The molecule has 1 aromatic carbocycles. The van der Waals surface area contributed by atoms with Crippen LogP contribution in [0.5, 0.6) is 0 Å². The van der Waals surface area contributed by atoms with Crippen LogP contribution in [0.4, 0.5) is 10.1 Å². The molecule has 0 aliphatic rings. The van der Waals surface area contributed by atoms with Crippen LogP contribution in [0.1, 0.15) is 33.6 Å². The maximum atomic E-state index is 14.0. The van der Waals surface area contributed by atoms with Gasteiger partial charge in [-0.2, -0.15) is 0 Å². The van der Waals surface area contributed by atoms with Crippen LogP contribution >= 0.6 is 0 Å². The SMILES string of the molecule is CCS(=O)(=O)Nc1ccc(S(=O)(=O)NC(C)(C)CCC(=O)O)cc1F. The highest BCUT2D eigenvalue weighted by Crippen LogP contribution is 2.22. The Morgan fingerprint density at radius 3 is 2.32 bits per heavy atom. The molecule has 3 N–H and O–H groups in total. The van der Waals surface area contributed by atoms with Gasteiger partial charge < -0.3 is 5.11 Å². The van der Waals surface area contributed by atoms with Crippen molar-refractivity contribution >= 4 is 31.7 Å². The second-order valence-electron chi connectivity index (χ2n) is 6.03. The molecule has 0 bridgehead atoms. The van der Waals surface area contributed by atoms with Gasteiger partial charge in [0.2, 0.25) is 20.0 Å². The quantitative estimate of drug-likeness (QED) is 0.580. The van der Waals surface area contributed by atoms with E-state index in [4.69, 9.17) is 5.11 Å². The van der Waals surface area contributed by atoms with Crippen LogP contribution in [0.25, 0.3) is 0 Å². The third-order valence-corrected chi connectivity index (χ3v) is 6.26. The minimum Gasteiger partial charge on any atom is -0.481 e. The molecule has 0 amide bonds. The number of sulfonamides is 2. The number of halogens is 1. The van der Waals surface area contributed by atoms with Crippen LogP contribution in [0.3, 0.4) is 0 Å². The molecule has 0 aliphatic carbocycles. The number of anilines is 1. The van der Waals surface area contributed by atoms with Gasteiger partial charge in [0.05, 0.1) is 16.3 Å². The largest absolute Gasteiger partial charge is 0.481 e. The zero-order valence-electron chi connectivity index (χ0n) is 14.0. The highest BCUT2D eigenvalue weighted by atomic mass is 32.2. The summed E-state index contributed by atoms with van der Waals surface area (Å²) in [5.41, 5.74) is -1.41. The predicted molar refractivity (Wildman–Crippen MR) is 90.8 cm³/mol. The van der Waals surface area contributed by atoms with E-state index in [9.17, 15) is 26.0 Å². The fourth-order valence-corrected chi connectivity index (χ4v) is 3.98. The van der Waals surface area contributed by atoms with Gasteiger partial charge in [0.15, 0.2) is 0 Å². The lowest BCUT2D eigenvalue weighted by molar-refractivity contribution is -0.137. The van der Waals surface area contributed by atoms with Gasteiger partial charge in [-0.25, -0.2) is 25.9 Å². The van der Waals surface area contributed by atoms with E-state index in [1.807, 2.05) is 4.72 Å². The molecule has 0 aromatic heterocycles. The Kier molecular flexibility index (Phi) is 6.54. The van der Waals surface area contributed by atoms with E-state index in [0.717, 1.165) is 12.1 Å². The highest BCUT2D eigenvalue weighted by molar-refractivity contribution is 7.92. The number of carbonyl (C=O) groups is 1. The molecule has 0 spiro atoms. The van der Waals surface area contributed by atoms with Crippen molar-refractivity contribution < 1.29 is 31.1 Å². The van der Waals surface area contributed by atoms with Crippen molar-refractivity contribution in [3.05, 3.63) is 24.0 Å². The van der Waals surface area contributed by atoms with Gasteiger partial charge in [-0.1, -0.05) is 0 Å². The smallest absolute Gasteiger partial charge is 0.303 e. The summed E-state index contributed by atoms with van der Waals surface area (Å²) in [4.78, 5) is 10.2. The molecular weight excluding hydrogens is 375 g/mol. The summed E-state index contributed by atoms with van der Waals surface area (Å²) in [6.45, 7) is 4.39. The zero-order chi connectivity index (χ0) is 19.5. The van der Waals surface area contributed by atoms with E-state index >= 15 is 0 Å². The van der Waals surface area contributed by atoms with Crippen molar-refractivity contribution in [1.29, 1.82) is 0 Å². The average molecular weight is 396 g/mol. The Bertz CT molecular complexity index is 850. The van der Waals surface area contributed by atoms with Crippen LogP contribution in [0.15, 0.2) is 23.1 Å². The molecule has 142 valence electrons. The molecule has 1 aromatic rings. The lowest BCUT2D eigenvalue weighted by Crippen LogP contribution is -2.43. The summed E-state index contributed by atoms with van der Waals surface area (Å²) in [5, 5.41) is 8.69. The molecular formula is C14H21FN2O6S2. The van der Waals surface area contributed by atoms with Gasteiger partial charge in [0, 0.05) is 12.0 Å². The molecule has 0 atom stereocenters. The van der Waals surface area contributed by atoms with Crippen LogP contribution in [0.2, 0.25) is 0 Å². The van der Waals surface area contributed by atoms with E-state index in [-0.39, 0.29) is 24.3 Å². The van der Waals surface area contributed by atoms with Gasteiger partial charge in [-0.15, -0.1) is 0 Å². The first-order chi connectivity index (χ1) is 11.3. The normalized spacial score (nSPS) is 12.8. The second kappa shape index (κ2) is 7.67. The van der Waals surface area contributed by atoms with Crippen molar-refractivity contribution in [2.45, 2.75) is 44.0 Å². The summed E-state index contributed by atoms with van der Waals surface area (Å²) >= 11 is 0. The Morgan fingerprint density at radius 1 is 1.24 bits per heavy atom. The molecule has 25 heavy (non-hydrogen) atoms. The van der Waals surface area contributed by atoms with Crippen molar-refractivity contribution in [3.63, 3.8) is 0 Å². The molecule has 0 saturated heterocycles.